The second kappa shape index (κ2) is 9.74. The molecule has 28 heavy (non-hydrogen) atoms. The molecule has 0 radical (unpaired) electrons. The minimum absolute atomic E-state index is 0.0270. The van der Waals surface area contributed by atoms with E-state index < -0.39 is 10.0 Å². The Morgan fingerprint density at radius 2 is 1.64 bits per heavy atom. The molecule has 0 aliphatic heterocycles. The number of nitrogens with zero attached hydrogens (tertiary/aromatic N) is 1. The first-order valence-corrected chi connectivity index (χ1v) is 11.6. The van der Waals surface area contributed by atoms with Crippen molar-refractivity contribution in [3.05, 3.63) is 63.1 Å². The summed E-state index contributed by atoms with van der Waals surface area (Å²) in [6.07, 6.45) is 2.61. The van der Waals surface area contributed by atoms with Crippen LogP contribution in [-0.2, 0) is 34.2 Å². The molecule has 0 aliphatic carbocycles. The molecule has 0 aromatic heterocycles. The highest BCUT2D eigenvalue weighted by Gasteiger charge is 2.22. The molecule has 5 nitrogen and oxygen atoms in total. The molecule has 2 rings (SSSR count). The summed E-state index contributed by atoms with van der Waals surface area (Å²) in [5, 5.41) is 3.62. The van der Waals surface area contributed by atoms with Crippen LogP contribution in [0, 0.1) is 0 Å². The molecule has 0 heterocycles. The van der Waals surface area contributed by atoms with E-state index in [0.717, 1.165) is 40.2 Å². The maximum absolute atomic E-state index is 12.7. The van der Waals surface area contributed by atoms with Crippen molar-refractivity contribution >= 4 is 44.8 Å². The van der Waals surface area contributed by atoms with Gasteiger partial charge in [-0.15, -0.1) is 0 Å². The number of halogens is 2. The van der Waals surface area contributed by atoms with Crippen molar-refractivity contribution in [2.75, 3.05) is 18.1 Å². The number of benzene rings is 2. The number of hydrogen-bond donors (Lipinski definition) is 1. The molecule has 2 aromatic rings. The van der Waals surface area contributed by atoms with Crippen LogP contribution in [0.4, 0.5) is 5.69 Å². The summed E-state index contributed by atoms with van der Waals surface area (Å²) in [4.78, 5) is 12.7. The van der Waals surface area contributed by atoms with Gasteiger partial charge in [0.1, 0.15) is 0 Å². The molecular weight excluding hydrogens is 419 g/mol. The fourth-order valence-electron chi connectivity index (χ4n) is 2.87. The standard InChI is InChI=1S/C20H24Cl2N2O3S/c1-4-15-7-6-8-16(5-2)20(15)23-19(25)13-24(28(3,26)27)12-14-9-10-17(21)18(22)11-14/h6-11H,4-5,12-13H2,1-3H3,(H,23,25). The van der Waals surface area contributed by atoms with Gasteiger partial charge in [-0.3, -0.25) is 4.79 Å². The van der Waals surface area contributed by atoms with E-state index in [1.165, 1.54) is 0 Å². The van der Waals surface area contributed by atoms with Gasteiger partial charge in [-0.2, -0.15) is 4.31 Å². The number of amides is 1. The van der Waals surface area contributed by atoms with E-state index in [0.29, 0.717) is 15.6 Å². The van der Waals surface area contributed by atoms with Crippen molar-refractivity contribution in [1.29, 1.82) is 0 Å². The van der Waals surface area contributed by atoms with Gasteiger partial charge in [-0.05, 0) is 41.7 Å². The lowest BCUT2D eigenvalue weighted by Crippen LogP contribution is -2.37. The average Bonchev–Trinajstić information content (AvgIpc) is 2.63. The van der Waals surface area contributed by atoms with Gasteiger partial charge in [-0.25, -0.2) is 8.42 Å². The number of aryl methyl sites for hydroxylation is 2. The van der Waals surface area contributed by atoms with Gasteiger partial charge in [0, 0.05) is 12.2 Å². The number of rotatable bonds is 8. The fourth-order valence-corrected chi connectivity index (χ4v) is 3.93. The number of hydrogen-bond acceptors (Lipinski definition) is 3. The predicted octanol–water partition coefficient (Wildman–Crippen LogP) is 4.52. The molecule has 0 atom stereocenters. The summed E-state index contributed by atoms with van der Waals surface area (Å²) in [6.45, 7) is 3.76. The van der Waals surface area contributed by atoms with Crippen LogP contribution in [-0.4, -0.2) is 31.4 Å². The number of carbonyl (C=O) groups is 1. The van der Waals surface area contributed by atoms with Gasteiger partial charge < -0.3 is 5.32 Å². The Hall–Kier alpha value is -1.60. The lowest BCUT2D eigenvalue weighted by atomic mass is 10.0. The van der Waals surface area contributed by atoms with Crippen molar-refractivity contribution < 1.29 is 13.2 Å². The fraction of sp³-hybridized carbons (Fsp3) is 0.350. The van der Waals surface area contributed by atoms with Crippen LogP contribution < -0.4 is 5.32 Å². The molecule has 0 saturated heterocycles. The number of para-hydroxylation sites is 1. The van der Waals surface area contributed by atoms with Crippen molar-refractivity contribution in [2.24, 2.45) is 0 Å². The quantitative estimate of drug-likeness (QED) is 0.653. The Morgan fingerprint density at radius 1 is 1.04 bits per heavy atom. The lowest BCUT2D eigenvalue weighted by molar-refractivity contribution is -0.116. The van der Waals surface area contributed by atoms with Crippen molar-refractivity contribution in [3.8, 4) is 0 Å². The van der Waals surface area contributed by atoms with Crippen LogP contribution in [0.3, 0.4) is 0 Å². The summed E-state index contributed by atoms with van der Waals surface area (Å²) in [7, 11) is -3.61. The summed E-state index contributed by atoms with van der Waals surface area (Å²) >= 11 is 11.9. The first-order chi connectivity index (χ1) is 13.2. The number of nitrogens with one attached hydrogen (secondary N) is 1. The van der Waals surface area contributed by atoms with E-state index in [1.807, 2.05) is 32.0 Å². The average molecular weight is 443 g/mol. The van der Waals surface area contributed by atoms with E-state index in [1.54, 1.807) is 18.2 Å². The molecular formula is C20H24Cl2N2O3S. The van der Waals surface area contributed by atoms with Gasteiger partial charge in [0.05, 0.1) is 22.8 Å². The molecule has 2 aromatic carbocycles. The van der Waals surface area contributed by atoms with Crippen LogP contribution >= 0.6 is 23.2 Å². The van der Waals surface area contributed by atoms with Crippen LogP contribution in [0.15, 0.2) is 36.4 Å². The summed E-state index contributed by atoms with van der Waals surface area (Å²) in [5.41, 5.74) is 3.45. The highest BCUT2D eigenvalue weighted by molar-refractivity contribution is 7.88. The molecule has 0 aliphatic rings. The summed E-state index contributed by atoms with van der Waals surface area (Å²) in [5.74, 6) is -0.388. The third kappa shape index (κ3) is 5.95. The number of anilines is 1. The Bertz CT molecular complexity index is 940. The van der Waals surface area contributed by atoms with Crippen LogP contribution in [0.1, 0.15) is 30.5 Å². The first-order valence-electron chi connectivity index (χ1n) is 8.95. The van der Waals surface area contributed by atoms with Crippen LogP contribution in [0.2, 0.25) is 10.0 Å². The highest BCUT2D eigenvalue weighted by Crippen LogP contribution is 2.25. The van der Waals surface area contributed by atoms with Gasteiger partial charge >= 0.3 is 0 Å². The maximum Gasteiger partial charge on any atom is 0.239 e. The van der Waals surface area contributed by atoms with E-state index in [-0.39, 0.29) is 19.0 Å². The minimum atomic E-state index is -3.61. The Labute approximate surface area is 176 Å². The summed E-state index contributed by atoms with van der Waals surface area (Å²) in [6, 6.07) is 10.8. The number of sulfonamides is 1. The molecule has 0 saturated carbocycles. The van der Waals surface area contributed by atoms with Gasteiger partial charge in [0.15, 0.2) is 0 Å². The number of carbonyl (C=O) groups excluding carboxylic acids is 1. The molecule has 152 valence electrons. The van der Waals surface area contributed by atoms with Crippen molar-refractivity contribution in [1.82, 2.24) is 4.31 Å². The Balaban J connectivity index is 2.21. The largest absolute Gasteiger partial charge is 0.324 e. The SMILES string of the molecule is CCc1cccc(CC)c1NC(=O)CN(Cc1ccc(Cl)c(Cl)c1)S(C)(=O)=O. The molecule has 0 unspecified atom stereocenters. The minimum Gasteiger partial charge on any atom is -0.324 e. The van der Waals surface area contributed by atoms with Crippen LogP contribution in [0.25, 0.3) is 0 Å². The van der Waals surface area contributed by atoms with E-state index in [2.05, 4.69) is 5.32 Å². The van der Waals surface area contributed by atoms with Crippen LogP contribution in [0.5, 0.6) is 0 Å². The van der Waals surface area contributed by atoms with E-state index in [4.69, 9.17) is 23.2 Å². The topological polar surface area (TPSA) is 66.5 Å². The van der Waals surface area contributed by atoms with Gasteiger partial charge in [0.25, 0.3) is 0 Å². The molecule has 0 fully saturated rings. The van der Waals surface area contributed by atoms with Gasteiger partial charge in [-0.1, -0.05) is 61.3 Å². The monoisotopic (exact) mass is 442 g/mol. The zero-order valence-corrected chi connectivity index (χ0v) is 18.5. The van der Waals surface area contributed by atoms with E-state index >= 15 is 0 Å². The third-order valence-electron chi connectivity index (χ3n) is 4.40. The second-order valence-corrected chi connectivity index (χ2v) is 9.28. The highest BCUT2D eigenvalue weighted by atomic mass is 35.5. The second-order valence-electron chi connectivity index (χ2n) is 6.49. The summed E-state index contributed by atoms with van der Waals surface area (Å²) < 4.78 is 25.5. The molecule has 1 N–H and O–H groups in total. The van der Waals surface area contributed by atoms with E-state index in [9.17, 15) is 13.2 Å². The third-order valence-corrected chi connectivity index (χ3v) is 6.33. The molecule has 1 amide bonds. The smallest absolute Gasteiger partial charge is 0.239 e. The molecule has 0 spiro atoms. The maximum atomic E-state index is 12.7. The predicted molar refractivity (Wildman–Crippen MR) is 116 cm³/mol. The van der Waals surface area contributed by atoms with Gasteiger partial charge in [0.2, 0.25) is 15.9 Å². The Morgan fingerprint density at radius 3 is 2.14 bits per heavy atom. The first kappa shape index (κ1) is 22.7. The molecule has 8 heteroatoms. The van der Waals surface area contributed by atoms with Crippen molar-refractivity contribution in [3.63, 3.8) is 0 Å². The zero-order valence-electron chi connectivity index (χ0n) is 16.1. The Kier molecular flexibility index (Phi) is 7.89. The zero-order chi connectivity index (χ0) is 20.9. The molecule has 0 bridgehead atoms. The van der Waals surface area contributed by atoms with Crippen molar-refractivity contribution in [2.45, 2.75) is 33.2 Å². The lowest BCUT2D eigenvalue weighted by Gasteiger charge is -2.21. The normalized spacial score (nSPS) is 11.6.